The van der Waals surface area contributed by atoms with Crippen molar-refractivity contribution in [3.8, 4) is 5.75 Å². The fourth-order valence-corrected chi connectivity index (χ4v) is 7.47. The SMILES string of the molecule is COc1ccc(C)c2sc(N(CCCN(C)C)C(=O)c3ccc(S(=O)(=O)N4CCCCC4C)cc3)nc12.Cl. The van der Waals surface area contributed by atoms with Gasteiger partial charge in [0.05, 0.1) is 16.7 Å². The van der Waals surface area contributed by atoms with Gasteiger partial charge in [-0.15, -0.1) is 12.4 Å². The molecule has 1 atom stereocenters. The van der Waals surface area contributed by atoms with E-state index in [1.54, 1.807) is 40.6 Å². The zero-order valence-electron chi connectivity index (χ0n) is 22.6. The van der Waals surface area contributed by atoms with Gasteiger partial charge in [-0.25, -0.2) is 13.4 Å². The number of nitrogens with zero attached hydrogens (tertiary/aromatic N) is 4. The summed E-state index contributed by atoms with van der Waals surface area (Å²) < 4.78 is 34.5. The summed E-state index contributed by atoms with van der Waals surface area (Å²) in [5, 5.41) is 0.602. The molecule has 0 aliphatic carbocycles. The molecule has 11 heteroatoms. The van der Waals surface area contributed by atoms with Crippen molar-refractivity contribution in [2.24, 2.45) is 0 Å². The van der Waals surface area contributed by atoms with Gasteiger partial charge in [0, 0.05) is 24.7 Å². The van der Waals surface area contributed by atoms with E-state index in [9.17, 15) is 13.2 Å². The van der Waals surface area contributed by atoms with E-state index in [2.05, 4.69) is 4.90 Å². The molecule has 0 N–H and O–H groups in total. The molecule has 1 aromatic heterocycles. The van der Waals surface area contributed by atoms with Crippen LogP contribution in [0.5, 0.6) is 5.75 Å². The summed E-state index contributed by atoms with van der Waals surface area (Å²) in [7, 11) is 2.01. The average molecular weight is 581 g/mol. The van der Waals surface area contributed by atoms with Gasteiger partial charge in [0.25, 0.3) is 5.91 Å². The lowest BCUT2D eigenvalue weighted by molar-refractivity contribution is 0.0986. The molecule has 1 amide bonds. The summed E-state index contributed by atoms with van der Waals surface area (Å²) >= 11 is 1.47. The molecular formula is C27H37ClN4O4S2. The van der Waals surface area contributed by atoms with Gasteiger partial charge >= 0.3 is 0 Å². The van der Waals surface area contributed by atoms with Crippen molar-refractivity contribution < 1.29 is 17.9 Å². The Balaban J connectivity index is 0.00000400. The van der Waals surface area contributed by atoms with Crippen LogP contribution in [0.3, 0.4) is 0 Å². The van der Waals surface area contributed by atoms with Gasteiger partial charge in [0.2, 0.25) is 10.0 Å². The monoisotopic (exact) mass is 580 g/mol. The molecule has 4 rings (SSSR count). The van der Waals surface area contributed by atoms with E-state index in [4.69, 9.17) is 9.72 Å². The Morgan fingerprint density at radius 3 is 2.47 bits per heavy atom. The highest BCUT2D eigenvalue weighted by atomic mass is 35.5. The van der Waals surface area contributed by atoms with Crippen molar-refractivity contribution in [2.45, 2.75) is 50.5 Å². The molecule has 208 valence electrons. The Labute approximate surface area is 236 Å². The van der Waals surface area contributed by atoms with Crippen LogP contribution in [0.15, 0.2) is 41.3 Å². The van der Waals surface area contributed by atoms with Crippen LogP contribution in [0, 0.1) is 6.92 Å². The van der Waals surface area contributed by atoms with Crippen molar-refractivity contribution in [3.05, 3.63) is 47.5 Å². The van der Waals surface area contributed by atoms with Gasteiger partial charge < -0.3 is 9.64 Å². The number of sulfonamides is 1. The van der Waals surface area contributed by atoms with Crippen molar-refractivity contribution >= 4 is 55.0 Å². The topological polar surface area (TPSA) is 83.0 Å². The highest BCUT2D eigenvalue weighted by Crippen LogP contribution is 2.37. The van der Waals surface area contributed by atoms with Crippen LogP contribution in [0.25, 0.3) is 10.2 Å². The maximum Gasteiger partial charge on any atom is 0.260 e. The number of hydrogen-bond acceptors (Lipinski definition) is 7. The first kappa shape index (κ1) is 30.3. The number of anilines is 1. The second kappa shape index (κ2) is 12.7. The summed E-state index contributed by atoms with van der Waals surface area (Å²) in [5.41, 5.74) is 2.24. The minimum Gasteiger partial charge on any atom is -0.494 e. The number of carbonyl (C=O) groups excluding carboxylic acids is 1. The number of methoxy groups -OCH3 is 1. The Kier molecular flexibility index (Phi) is 10.2. The van der Waals surface area contributed by atoms with Crippen LogP contribution in [0.2, 0.25) is 0 Å². The number of amides is 1. The zero-order valence-corrected chi connectivity index (χ0v) is 25.1. The lowest BCUT2D eigenvalue weighted by Crippen LogP contribution is -2.41. The number of fused-ring (bicyclic) bond motifs is 1. The van der Waals surface area contributed by atoms with E-state index in [0.29, 0.717) is 29.5 Å². The number of ether oxygens (including phenoxy) is 1. The maximum absolute atomic E-state index is 13.7. The number of aromatic nitrogens is 1. The van der Waals surface area contributed by atoms with Crippen molar-refractivity contribution in [3.63, 3.8) is 0 Å². The molecule has 1 saturated heterocycles. The number of piperidine rings is 1. The summed E-state index contributed by atoms with van der Waals surface area (Å²) in [5.74, 6) is 0.468. The zero-order chi connectivity index (χ0) is 26.7. The van der Waals surface area contributed by atoms with E-state index in [-0.39, 0.29) is 29.3 Å². The van der Waals surface area contributed by atoms with Gasteiger partial charge in [-0.05, 0) is 89.6 Å². The molecule has 1 aliphatic rings. The minimum absolute atomic E-state index is 0. The molecular weight excluding hydrogens is 544 g/mol. The first-order chi connectivity index (χ1) is 17.6. The fourth-order valence-electron chi connectivity index (χ4n) is 4.70. The molecule has 3 aromatic rings. The Morgan fingerprint density at radius 2 is 1.84 bits per heavy atom. The third-order valence-corrected chi connectivity index (χ3v) is 10.1. The number of carbonyl (C=O) groups is 1. The quantitative estimate of drug-likeness (QED) is 0.346. The van der Waals surface area contributed by atoms with Crippen LogP contribution < -0.4 is 9.64 Å². The summed E-state index contributed by atoms with van der Waals surface area (Å²) in [4.78, 5) is 22.5. The second-order valence-corrected chi connectivity index (χ2v) is 12.7. The first-order valence-corrected chi connectivity index (χ1v) is 14.9. The van der Waals surface area contributed by atoms with E-state index in [1.165, 1.54) is 11.3 Å². The summed E-state index contributed by atoms with van der Waals surface area (Å²) in [6.07, 6.45) is 3.55. The second-order valence-electron chi connectivity index (χ2n) is 9.86. The number of benzene rings is 2. The molecule has 0 bridgehead atoms. The molecule has 2 heterocycles. The summed E-state index contributed by atoms with van der Waals surface area (Å²) in [6.45, 7) is 5.81. The molecule has 8 nitrogen and oxygen atoms in total. The third-order valence-electron chi connectivity index (χ3n) is 6.83. The van der Waals surface area contributed by atoms with Crippen LogP contribution in [-0.4, -0.2) is 75.4 Å². The number of rotatable bonds is 9. The number of hydrogen-bond donors (Lipinski definition) is 0. The summed E-state index contributed by atoms with van der Waals surface area (Å²) in [6, 6.07) is 10.2. The number of halogens is 1. The van der Waals surface area contributed by atoms with Crippen LogP contribution in [-0.2, 0) is 10.0 Å². The molecule has 0 spiro atoms. The molecule has 2 aromatic carbocycles. The predicted octanol–water partition coefficient (Wildman–Crippen LogP) is 5.20. The standard InChI is InChI=1S/C27H36N4O4S2.ClH/c1-19-10-15-23(35-5)24-25(19)36-27(28-24)30(17-8-16-29(3)4)26(32)21-11-13-22(14-12-21)37(33,34)31-18-7-6-9-20(31)2;/h10-15,20H,6-9,16-18H2,1-5H3;1H. The van der Waals surface area contributed by atoms with Crippen molar-refractivity contribution in [1.29, 1.82) is 0 Å². The normalized spacial score (nSPS) is 16.4. The molecule has 0 saturated carbocycles. The average Bonchev–Trinajstić information content (AvgIpc) is 3.33. The van der Waals surface area contributed by atoms with E-state index < -0.39 is 10.0 Å². The molecule has 1 unspecified atom stereocenters. The Hall–Kier alpha value is -2.24. The lowest BCUT2D eigenvalue weighted by Gasteiger charge is -2.32. The highest BCUT2D eigenvalue weighted by Gasteiger charge is 2.31. The number of aryl methyl sites for hydroxylation is 1. The molecule has 1 aliphatic heterocycles. The van der Waals surface area contributed by atoms with Crippen LogP contribution in [0.4, 0.5) is 5.13 Å². The third kappa shape index (κ3) is 6.31. The van der Waals surface area contributed by atoms with Gasteiger partial charge in [0.1, 0.15) is 11.3 Å². The largest absolute Gasteiger partial charge is 0.494 e. The molecule has 38 heavy (non-hydrogen) atoms. The predicted molar refractivity (Wildman–Crippen MR) is 157 cm³/mol. The van der Waals surface area contributed by atoms with E-state index >= 15 is 0 Å². The molecule has 1 fully saturated rings. The maximum atomic E-state index is 13.7. The molecule has 0 radical (unpaired) electrons. The Bertz CT molecular complexity index is 1360. The minimum atomic E-state index is -3.60. The van der Waals surface area contributed by atoms with E-state index in [0.717, 1.165) is 48.0 Å². The smallest absolute Gasteiger partial charge is 0.260 e. The van der Waals surface area contributed by atoms with Crippen molar-refractivity contribution in [2.75, 3.05) is 45.7 Å². The van der Waals surface area contributed by atoms with Gasteiger partial charge in [-0.1, -0.05) is 23.8 Å². The van der Waals surface area contributed by atoms with Gasteiger partial charge in [-0.2, -0.15) is 4.31 Å². The Morgan fingerprint density at radius 1 is 1.13 bits per heavy atom. The fraction of sp³-hybridized carbons (Fsp3) is 0.481. The highest BCUT2D eigenvalue weighted by molar-refractivity contribution is 7.89. The van der Waals surface area contributed by atoms with Crippen LogP contribution in [0.1, 0.15) is 48.5 Å². The lowest BCUT2D eigenvalue weighted by atomic mass is 10.1. The van der Waals surface area contributed by atoms with E-state index in [1.807, 2.05) is 40.1 Å². The van der Waals surface area contributed by atoms with Gasteiger partial charge in [-0.3, -0.25) is 9.69 Å². The first-order valence-electron chi connectivity index (χ1n) is 12.7. The van der Waals surface area contributed by atoms with Crippen LogP contribution >= 0.6 is 23.7 Å². The number of thiazole rings is 1. The van der Waals surface area contributed by atoms with Crippen molar-refractivity contribution in [1.82, 2.24) is 14.2 Å². The van der Waals surface area contributed by atoms with Gasteiger partial charge in [0.15, 0.2) is 5.13 Å².